The summed E-state index contributed by atoms with van der Waals surface area (Å²) in [5.74, 6) is 0.861. The number of hydrogen-bond acceptors (Lipinski definition) is 6. The molecule has 1 aromatic carbocycles. The third kappa shape index (κ3) is 3.30. The molecular formula is C19H23N5OS. The van der Waals surface area contributed by atoms with Crippen LogP contribution in [-0.4, -0.2) is 45.6 Å². The summed E-state index contributed by atoms with van der Waals surface area (Å²) in [5, 5.41) is 3.40. The van der Waals surface area contributed by atoms with Crippen LogP contribution in [0.4, 0.5) is 0 Å². The first-order valence-corrected chi connectivity index (χ1v) is 9.98. The molecule has 0 spiro atoms. The standard InChI is InChI=1S/C19H23N5OS/c1-2-15(23-10-8-20-9-11-23)17-22-18-16(21-13-26-18)19(25)24(17)12-14-6-4-3-5-7-14/h3-7,13,15,20H,2,8-12H2,1H3. The zero-order valence-corrected chi connectivity index (χ0v) is 15.7. The Bertz CT molecular complexity index is 930. The third-order valence-electron chi connectivity index (χ3n) is 4.95. The molecule has 3 aromatic rings. The number of nitrogens with one attached hydrogen (secondary N) is 1. The zero-order chi connectivity index (χ0) is 17.9. The first kappa shape index (κ1) is 17.3. The number of rotatable bonds is 5. The minimum atomic E-state index is -0.0383. The SMILES string of the molecule is CCC(c1nc2scnc2c(=O)n1Cc1ccccc1)N1CCNCC1. The molecule has 1 atom stereocenters. The molecule has 0 aliphatic carbocycles. The molecule has 1 saturated heterocycles. The van der Waals surface area contributed by atoms with E-state index in [0.717, 1.165) is 48.8 Å². The molecule has 26 heavy (non-hydrogen) atoms. The highest BCUT2D eigenvalue weighted by atomic mass is 32.1. The summed E-state index contributed by atoms with van der Waals surface area (Å²) in [6.07, 6.45) is 0.922. The molecule has 1 aliphatic rings. The second kappa shape index (κ2) is 7.65. The number of hydrogen-bond donors (Lipinski definition) is 1. The van der Waals surface area contributed by atoms with Gasteiger partial charge in [-0.1, -0.05) is 37.3 Å². The Labute approximate surface area is 156 Å². The molecule has 1 aliphatic heterocycles. The summed E-state index contributed by atoms with van der Waals surface area (Å²) in [7, 11) is 0. The van der Waals surface area contributed by atoms with Gasteiger partial charge in [0, 0.05) is 26.2 Å². The molecule has 1 unspecified atom stereocenters. The van der Waals surface area contributed by atoms with Crippen molar-refractivity contribution in [1.82, 2.24) is 24.8 Å². The second-order valence-corrected chi connectivity index (χ2v) is 7.40. The van der Waals surface area contributed by atoms with E-state index in [1.807, 2.05) is 34.9 Å². The van der Waals surface area contributed by atoms with Crippen LogP contribution in [0.5, 0.6) is 0 Å². The summed E-state index contributed by atoms with van der Waals surface area (Å²) >= 11 is 1.44. The maximum absolute atomic E-state index is 13.2. The quantitative estimate of drug-likeness (QED) is 0.747. The topological polar surface area (TPSA) is 63.1 Å². The van der Waals surface area contributed by atoms with Gasteiger partial charge in [-0.3, -0.25) is 14.3 Å². The first-order valence-electron chi connectivity index (χ1n) is 9.10. The van der Waals surface area contributed by atoms with Gasteiger partial charge in [0.05, 0.1) is 18.1 Å². The lowest BCUT2D eigenvalue weighted by Crippen LogP contribution is -2.46. The predicted molar refractivity (Wildman–Crippen MR) is 105 cm³/mol. The summed E-state index contributed by atoms with van der Waals surface area (Å²) in [5.41, 5.74) is 3.25. The monoisotopic (exact) mass is 369 g/mol. The van der Waals surface area contributed by atoms with Crippen molar-refractivity contribution in [3.63, 3.8) is 0 Å². The number of piperazine rings is 1. The summed E-state index contributed by atoms with van der Waals surface area (Å²) < 4.78 is 1.83. The van der Waals surface area contributed by atoms with Gasteiger partial charge in [-0.15, -0.1) is 11.3 Å². The van der Waals surface area contributed by atoms with E-state index >= 15 is 0 Å². The number of fused-ring (bicyclic) bond motifs is 1. The lowest BCUT2D eigenvalue weighted by atomic mass is 10.1. The largest absolute Gasteiger partial charge is 0.314 e. The normalized spacial score (nSPS) is 16.8. The van der Waals surface area contributed by atoms with E-state index in [1.165, 1.54) is 11.3 Å². The summed E-state index contributed by atoms with van der Waals surface area (Å²) in [6, 6.07) is 10.2. The average molecular weight is 369 g/mol. The zero-order valence-electron chi connectivity index (χ0n) is 14.9. The van der Waals surface area contributed by atoms with Crippen molar-refractivity contribution in [3.8, 4) is 0 Å². The molecule has 4 rings (SSSR count). The Morgan fingerprint density at radius 2 is 2.00 bits per heavy atom. The van der Waals surface area contributed by atoms with Crippen LogP contribution in [-0.2, 0) is 6.54 Å². The fourth-order valence-corrected chi connectivity index (χ4v) is 4.29. The van der Waals surface area contributed by atoms with Gasteiger partial charge >= 0.3 is 0 Å². The van der Waals surface area contributed by atoms with E-state index in [9.17, 15) is 4.79 Å². The molecule has 1 N–H and O–H groups in total. The van der Waals surface area contributed by atoms with Gasteiger partial charge in [-0.2, -0.15) is 0 Å². The van der Waals surface area contributed by atoms with Crippen molar-refractivity contribution in [1.29, 1.82) is 0 Å². The van der Waals surface area contributed by atoms with Gasteiger partial charge < -0.3 is 5.32 Å². The van der Waals surface area contributed by atoms with Crippen molar-refractivity contribution >= 4 is 21.7 Å². The Balaban J connectivity index is 1.83. The van der Waals surface area contributed by atoms with Crippen LogP contribution in [0.3, 0.4) is 0 Å². The van der Waals surface area contributed by atoms with Crippen LogP contribution in [0.25, 0.3) is 10.3 Å². The van der Waals surface area contributed by atoms with E-state index in [4.69, 9.17) is 4.98 Å². The molecule has 0 radical (unpaired) electrons. The van der Waals surface area contributed by atoms with E-state index in [1.54, 1.807) is 5.51 Å². The lowest BCUT2D eigenvalue weighted by molar-refractivity contribution is 0.159. The number of aromatic nitrogens is 3. The third-order valence-corrected chi connectivity index (χ3v) is 5.67. The smallest absolute Gasteiger partial charge is 0.281 e. The van der Waals surface area contributed by atoms with Crippen molar-refractivity contribution in [2.45, 2.75) is 25.9 Å². The maximum Gasteiger partial charge on any atom is 0.281 e. The van der Waals surface area contributed by atoms with Gasteiger partial charge in [0.25, 0.3) is 5.56 Å². The summed E-state index contributed by atoms with van der Waals surface area (Å²) in [4.78, 5) is 25.5. The Hall–Kier alpha value is -2.09. The second-order valence-electron chi connectivity index (χ2n) is 6.56. The molecule has 7 heteroatoms. The molecule has 0 amide bonds. The molecular weight excluding hydrogens is 346 g/mol. The molecule has 136 valence electrons. The van der Waals surface area contributed by atoms with Gasteiger partial charge in [-0.05, 0) is 12.0 Å². The minimum Gasteiger partial charge on any atom is -0.314 e. The van der Waals surface area contributed by atoms with Crippen LogP contribution in [0.15, 0.2) is 40.6 Å². The maximum atomic E-state index is 13.2. The molecule has 2 aromatic heterocycles. The van der Waals surface area contributed by atoms with Gasteiger partial charge in [0.1, 0.15) is 5.82 Å². The Kier molecular flexibility index (Phi) is 5.10. The predicted octanol–water partition coefficient (Wildman–Crippen LogP) is 2.26. The van der Waals surface area contributed by atoms with Crippen molar-refractivity contribution in [3.05, 3.63) is 57.6 Å². The van der Waals surface area contributed by atoms with E-state index in [-0.39, 0.29) is 11.6 Å². The van der Waals surface area contributed by atoms with Gasteiger partial charge in [-0.25, -0.2) is 9.97 Å². The summed E-state index contributed by atoms with van der Waals surface area (Å²) in [6.45, 7) is 6.59. The van der Waals surface area contributed by atoms with Crippen molar-refractivity contribution in [2.24, 2.45) is 0 Å². The van der Waals surface area contributed by atoms with Crippen LogP contribution in [0.2, 0.25) is 0 Å². The Morgan fingerprint density at radius 3 is 2.73 bits per heavy atom. The number of benzene rings is 1. The minimum absolute atomic E-state index is 0.0383. The van der Waals surface area contributed by atoms with E-state index < -0.39 is 0 Å². The van der Waals surface area contributed by atoms with E-state index in [2.05, 4.69) is 22.1 Å². The first-order chi connectivity index (χ1) is 12.8. The molecule has 1 fully saturated rings. The van der Waals surface area contributed by atoms with Crippen LogP contribution >= 0.6 is 11.3 Å². The van der Waals surface area contributed by atoms with Gasteiger partial charge in [0.15, 0.2) is 10.3 Å². The fourth-order valence-electron chi connectivity index (χ4n) is 3.63. The molecule has 0 bridgehead atoms. The Morgan fingerprint density at radius 1 is 1.23 bits per heavy atom. The highest BCUT2D eigenvalue weighted by molar-refractivity contribution is 7.16. The number of thiazole rings is 1. The van der Waals surface area contributed by atoms with E-state index in [0.29, 0.717) is 12.1 Å². The highest BCUT2D eigenvalue weighted by Gasteiger charge is 2.26. The number of nitrogens with zero attached hydrogens (tertiary/aromatic N) is 4. The van der Waals surface area contributed by atoms with Crippen LogP contribution < -0.4 is 10.9 Å². The van der Waals surface area contributed by atoms with Crippen LogP contribution in [0, 0.1) is 0 Å². The molecule has 0 saturated carbocycles. The molecule has 6 nitrogen and oxygen atoms in total. The van der Waals surface area contributed by atoms with Gasteiger partial charge in [0.2, 0.25) is 0 Å². The highest BCUT2D eigenvalue weighted by Crippen LogP contribution is 2.25. The lowest BCUT2D eigenvalue weighted by Gasteiger charge is -2.34. The molecule has 3 heterocycles. The average Bonchev–Trinajstić information content (AvgIpc) is 3.16. The van der Waals surface area contributed by atoms with Crippen molar-refractivity contribution < 1.29 is 0 Å². The van der Waals surface area contributed by atoms with Crippen molar-refractivity contribution in [2.75, 3.05) is 26.2 Å². The van der Waals surface area contributed by atoms with Crippen LogP contribution in [0.1, 0.15) is 30.8 Å². The fraction of sp³-hybridized carbons (Fsp3) is 0.421.